The Kier molecular flexibility index (Phi) is 7.36. The fourth-order valence-corrected chi connectivity index (χ4v) is 5.04. The van der Waals surface area contributed by atoms with Gasteiger partial charge >= 0.3 is 0 Å². The van der Waals surface area contributed by atoms with Crippen LogP contribution in [0.5, 0.6) is 0 Å². The Bertz CT molecular complexity index is 571. The SMILES string of the molecule is CCc1cc(C2CCCCCC2)cc(CC)c1NC(=S)NC1CCCC1. The summed E-state index contributed by atoms with van der Waals surface area (Å²) in [5, 5.41) is 7.92. The minimum atomic E-state index is 0.565. The monoisotopic (exact) mass is 372 g/mol. The minimum Gasteiger partial charge on any atom is -0.360 e. The molecule has 0 radical (unpaired) electrons. The van der Waals surface area contributed by atoms with Crippen LogP contribution < -0.4 is 10.6 Å². The van der Waals surface area contributed by atoms with Crippen molar-refractivity contribution in [1.82, 2.24) is 5.32 Å². The second kappa shape index (κ2) is 9.73. The summed E-state index contributed by atoms with van der Waals surface area (Å²) >= 11 is 5.64. The maximum absolute atomic E-state index is 5.64. The molecule has 0 spiro atoms. The summed E-state index contributed by atoms with van der Waals surface area (Å²) in [4.78, 5) is 0. The Morgan fingerprint density at radius 3 is 1.96 bits per heavy atom. The molecule has 2 aliphatic carbocycles. The number of benzene rings is 1. The summed E-state index contributed by atoms with van der Waals surface area (Å²) in [7, 11) is 0. The van der Waals surface area contributed by atoms with Crippen LogP contribution in [0.4, 0.5) is 5.69 Å². The van der Waals surface area contributed by atoms with Crippen molar-refractivity contribution in [3.8, 4) is 0 Å². The normalized spacial score (nSPS) is 19.3. The van der Waals surface area contributed by atoms with Crippen LogP contribution >= 0.6 is 12.2 Å². The van der Waals surface area contributed by atoms with Crippen LogP contribution in [-0.2, 0) is 12.8 Å². The van der Waals surface area contributed by atoms with E-state index in [1.54, 1.807) is 5.56 Å². The lowest BCUT2D eigenvalue weighted by Crippen LogP contribution is -2.36. The molecule has 3 heteroatoms. The molecule has 144 valence electrons. The Balaban J connectivity index is 1.78. The van der Waals surface area contributed by atoms with E-state index in [1.165, 1.54) is 81.0 Å². The van der Waals surface area contributed by atoms with Gasteiger partial charge in [0.05, 0.1) is 0 Å². The summed E-state index contributed by atoms with van der Waals surface area (Å²) in [6.07, 6.45) is 15.6. The van der Waals surface area contributed by atoms with E-state index in [0.717, 1.165) is 23.9 Å². The van der Waals surface area contributed by atoms with Gasteiger partial charge in [-0.15, -0.1) is 0 Å². The van der Waals surface area contributed by atoms with E-state index in [-0.39, 0.29) is 0 Å². The van der Waals surface area contributed by atoms with Crippen molar-refractivity contribution >= 4 is 23.0 Å². The van der Waals surface area contributed by atoms with Crippen LogP contribution in [0, 0.1) is 0 Å². The van der Waals surface area contributed by atoms with Gasteiger partial charge in [0, 0.05) is 11.7 Å². The number of hydrogen-bond donors (Lipinski definition) is 2. The first-order valence-corrected chi connectivity index (χ1v) is 11.3. The highest BCUT2D eigenvalue weighted by atomic mass is 32.1. The van der Waals surface area contributed by atoms with Crippen molar-refractivity contribution in [3.05, 3.63) is 28.8 Å². The van der Waals surface area contributed by atoms with Crippen molar-refractivity contribution in [2.45, 2.75) is 103 Å². The third-order valence-electron chi connectivity index (χ3n) is 6.34. The lowest BCUT2D eigenvalue weighted by molar-refractivity contribution is 0.591. The number of anilines is 1. The van der Waals surface area contributed by atoms with Crippen molar-refractivity contribution in [2.75, 3.05) is 5.32 Å². The predicted molar refractivity (Wildman–Crippen MR) is 117 cm³/mol. The molecule has 2 fully saturated rings. The minimum absolute atomic E-state index is 0.565. The van der Waals surface area contributed by atoms with Crippen LogP contribution in [0.3, 0.4) is 0 Å². The highest BCUT2D eigenvalue weighted by Gasteiger charge is 2.19. The van der Waals surface area contributed by atoms with Gasteiger partial charge in [0.2, 0.25) is 0 Å². The van der Waals surface area contributed by atoms with E-state index in [0.29, 0.717) is 6.04 Å². The van der Waals surface area contributed by atoms with Gasteiger partial charge in [-0.2, -0.15) is 0 Å². The molecule has 2 aliphatic rings. The molecule has 3 rings (SSSR count). The Morgan fingerprint density at radius 2 is 1.42 bits per heavy atom. The summed E-state index contributed by atoms with van der Waals surface area (Å²) in [5.74, 6) is 0.755. The van der Waals surface area contributed by atoms with E-state index in [2.05, 4.69) is 36.6 Å². The van der Waals surface area contributed by atoms with Crippen LogP contribution in [0.2, 0.25) is 0 Å². The Hall–Kier alpha value is -1.09. The topological polar surface area (TPSA) is 24.1 Å². The molecule has 0 saturated heterocycles. The van der Waals surface area contributed by atoms with Gasteiger partial charge in [0.15, 0.2) is 5.11 Å². The summed E-state index contributed by atoms with van der Waals surface area (Å²) in [5.41, 5.74) is 5.70. The van der Waals surface area contributed by atoms with E-state index < -0.39 is 0 Å². The predicted octanol–water partition coefficient (Wildman–Crippen LogP) is 6.48. The maximum Gasteiger partial charge on any atom is 0.171 e. The molecule has 2 saturated carbocycles. The summed E-state index contributed by atoms with van der Waals surface area (Å²) in [6.45, 7) is 4.54. The molecule has 2 N–H and O–H groups in total. The van der Waals surface area contributed by atoms with Gasteiger partial charge in [0.25, 0.3) is 0 Å². The van der Waals surface area contributed by atoms with Crippen molar-refractivity contribution < 1.29 is 0 Å². The zero-order valence-electron chi connectivity index (χ0n) is 16.7. The number of thiocarbonyl (C=S) groups is 1. The van der Waals surface area contributed by atoms with Crippen molar-refractivity contribution in [1.29, 1.82) is 0 Å². The van der Waals surface area contributed by atoms with Gasteiger partial charge in [-0.05, 0) is 73.4 Å². The first-order valence-electron chi connectivity index (χ1n) is 10.9. The Labute approximate surface area is 165 Å². The van der Waals surface area contributed by atoms with Crippen LogP contribution in [0.15, 0.2) is 12.1 Å². The maximum atomic E-state index is 5.64. The fourth-order valence-electron chi connectivity index (χ4n) is 4.77. The van der Waals surface area contributed by atoms with Crippen molar-refractivity contribution in [3.63, 3.8) is 0 Å². The van der Waals surface area contributed by atoms with Gasteiger partial charge in [0.1, 0.15) is 0 Å². The summed E-state index contributed by atoms with van der Waals surface area (Å²) in [6, 6.07) is 5.50. The second-order valence-corrected chi connectivity index (χ2v) is 8.60. The smallest absolute Gasteiger partial charge is 0.171 e. The summed E-state index contributed by atoms with van der Waals surface area (Å²) < 4.78 is 0. The molecule has 0 unspecified atom stereocenters. The molecule has 0 amide bonds. The number of hydrogen-bond acceptors (Lipinski definition) is 1. The second-order valence-electron chi connectivity index (χ2n) is 8.19. The van der Waals surface area contributed by atoms with E-state index in [1.807, 2.05) is 0 Å². The molecule has 1 aromatic carbocycles. The van der Waals surface area contributed by atoms with Crippen LogP contribution in [-0.4, -0.2) is 11.2 Å². The van der Waals surface area contributed by atoms with Gasteiger partial charge in [-0.1, -0.05) is 64.5 Å². The number of rotatable bonds is 5. The number of aryl methyl sites for hydroxylation is 2. The molecule has 0 aliphatic heterocycles. The average molecular weight is 373 g/mol. The first kappa shape index (κ1) is 19.7. The molecule has 0 bridgehead atoms. The molecular weight excluding hydrogens is 336 g/mol. The van der Waals surface area contributed by atoms with E-state index >= 15 is 0 Å². The number of nitrogens with one attached hydrogen (secondary N) is 2. The molecule has 2 nitrogen and oxygen atoms in total. The average Bonchev–Trinajstić information content (AvgIpc) is 3.00. The third-order valence-corrected chi connectivity index (χ3v) is 6.56. The Morgan fingerprint density at radius 1 is 0.885 bits per heavy atom. The van der Waals surface area contributed by atoms with E-state index in [4.69, 9.17) is 12.2 Å². The first-order chi connectivity index (χ1) is 12.7. The third kappa shape index (κ3) is 5.00. The van der Waals surface area contributed by atoms with Gasteiger partial charge in [-0.25, -0.2) is 0 Å². The molecule has 0 heterocycles. The zero-order valence-corrected chi connectivity index (χ0v) is 17.5. The highest BCUT2D eigenvalue weighted by Crippen LogP contribution is 2.35. The molecule has 1 aromatic rings. The largest absolute Gasteiger partial charge is 0.360 e. The quantitative estimate of drug-likeness (QED) is 0.457. The van der Waals surface area contributed by atoms with Crippen LogP contribution in [0.1, 0.15) is 101 Å². The van der Waals surface area contributed by atoms with Crippen molar-refractivity contribution in [2.24, 2.45) is 0 Å². The lowest BCUT2D eigenvalue weighted by Gasteiger charge is -2.23. The highest BCUT2D eigenvalue weighted by molar-refractivity contribution is 7.80. The molecule has 26 heavy (non-hydrogen) atoms. The molecule has 0 aromatic heterocycles. The lowest BCUT2D eigenvalue weighted by atomic mass is 9.87. The fraction of sp³-hybridized carbons (Fsp3) is 0.696. The zero-order chi connectivity index (χ0) is 18.4. The van der Waals surface area contributed by atoms with Crippen LogP contribution in [0.25, 0.3) is 0 Å². The standard InChI is InChI=1S/C23H36N2S/c1-3-17-15-20(19-11-7-5-6-8-12-19)16-18(4-2)22(17)25-23(26)24-21-13-9-10-14-21/h15-16,19,21H,3-14H2,1-2H3,(H2,24,25,26). The molecule has 0 atom stereocenters. The molecular formula is C23H36N2S. The van der Waals surface area contributed by atoms with Gasteiger partial charge in [-0.3, -0.25) is 0 Å². The van der Waals surface area contributed by atoms with Gasteiger partial charge < -0.3 is 10.6 Å². The van der Waals surface area contributed by atoms with E-state index in [9.17, 15) is 0 Å².